The number of aliphatic hydroxyl groups is 6. The number of nitrogens with one attached hydrogen (secondary N) is 1. The molecule has 0 radical (unpaired) electrons. The van der Waals surface area contributed by atoms with Gasteiger partial charge in [0.05, 0.1) is 25.4 Å². The van der Waals surface area contributed by atoms with Gasteiger partial charge in [-0.25, -0.2) is 0 Å². The second kappa shape index (κ2) is 31.2. The van der Waals surface area contributed by atoms with Gasteiger partial charge in [-0.1, -0.05) is 147 Å². The summed E-state index contributed by atoms with van der Waals surface area (Å²) in [5.74, 6) is -0.629. The topological polar surface area (TPSA) is 169 Å². The van der Waals surface area contributed by atoms with Crippen molar-refractivity contribution in [3.05, 3.63) is 24.3 Å². The van der Waals surface area contributed by atoms with Crippen LogP contribution in [0.5, 0.6) is 0 Å². The Hall–Kier alpha value is -1.37. The van der Waals surface area contributed by atoms with Gasteiger partial charge in [-0.3, -0.25) is 4.79 Å². The molecular weight excluding hydrogens is 638 g/mol. The Bertz CT molecular complexity index is 855. The highest BCUT2D eigenvalue weighted by Crippen LogP contribution is 2.22. The molecule has 1 rings (SSSR count). The van der Waals surface area contributed by atoms with E-state index < -0.39 is 61.5 Å². The number of allylic oxidation sites excluding steroid dienone is 3. The predicted octanol–water partition coefficient (Wildman–Crippen LogP) is 6.13. The summed E-state index contributed by atoms with van der Waals surface area (Å²) >= 11 is 0. The van der Waals surface area contributed by atoms with Crippen LogP contribution in [0.1, 0.15) is 162 Å². The molecule has 294 valence electrons. The molecule has 0 saturated carbocycles. The van der Waals surface area contributed by atoms with Crippen LogP contribution in [0.25, 0.3) is 0 Å². The second-order valence-electron chi connectivity index (χ2n) is 14.2. The van der Waals surface area contributed by atoms with Gasteiger partial charge in [-0.05, 0) is 38.5 Å². The number of amides is 1. The highest BCUT2D eigenvalue weighted by Gasteiger charge is 2.44. The van der Waals surface area contributed by atoms with Crippen molar-refractivity contribution in [2.24, 2.45) is 0 Å². The van der Waals surface area contributed by atoms with Gasteiger partial charge in [-0.2, -0.15) is 0 Å². The van der Waals surface area contributed by atoms with Gasteiger partial charge in [0.2, 0.25) is 5.91 Å². The van der Waals surface area contributed by atoms with Gasteiger partial charge in [-0.15, -0.1) is 0 Å². The summed E-state index contributed by atoms with van der Waals surface area (Å²) in [4.78, 5) is 12.9. The van der Waals surface area contributed by atoms with E-state index in [0.29, 0.717) is 12.8 Å². The molecular formula is C40H75NO9. The van der Waals surface area contributed by atoms with Crippen molar-refractivity contribution < 1.29 is 44.9 Å². The number of rotatable bonds is 32. The largest absolute Gasteiger partial charge is 0.394 e. The van der Waals surface area contributed by atoms with Gasteiger partial charge in [0.25, 0.3) is 0 Å². The Balaban J connectivity index is 2.51. The summed E-state index contributed by atoms with van der Waals surface area (Å²) in [6, 6.07) is -0.980. The Labute approximate surface area is 303 Å². The summed E-state index contributed by atoms with van der Waals surface area (Å²) in [7, 11) is 0. The number of hydrogen-bond donors (Lipinski definition) is 7. The molecule has 1 amide bonds. The SMILES string of the molecule is CCCC/C=C\CCCCCCC(O)C(=O)NC(COC1OC(CO)C(O)C(O)C1O)C(O)/C=C/CCCCCCCCCCCCCCC. The first-order valence-electron chi connectivity index (χ1n) is 20.2. The molecule has 10 nitrogen and oxygen atoms in total. The second-order valence-corrected chi connectivity index (χ2v) is 14.2. The number of carbonyl (C=O) groups excluding carboxylic acids is 1. The number of aliphatic hydroxyl groups excluding tert-OH is 6. The Morgan fingerprint density at radius 1 is 0.680 bits per heavy atom. The van der Waals surface area contributed by atoms with Gasteiger partial charge < -0.3 is 45.4 Å². The van der Waals surface area contributed by atoms with E-state index in [1.54, 1.807) is 6.08 Å². The van der Waals surface area contributed by atoms with Crippen molar-refractivity contribution in [3.63, 3.8) is 0 Å². The van der Waals surface area contributed by atoms with Crippen LogP contribution >= 0.6 is 0 Å². The third kappa shape index (κ3) is 21.9. The lowest BCUT2D eigenvalue weighted by Gasteiger charge is -2.40. The molecule has 1 aliphatic rings. The molecule has 1 fully saturated rings. The normalized spacial score (nSPS) is 23.1. The van der Waals surface area contributed by atoms with Crippen LogP contribution in [-0.4, -0.2) is 98.7 Å². The van der Waals surface area contributed by atoms with Crippen molar-refractivity contribution in [3.8, 4) is 0 Å². The highest BCUT2D eigenvalue weighted by atomic mass is 16.7. The summed E-state index contributed by atoms with van der Waals surface area (Å²) in [6.07, 6.45) is 24.1. The molecule has 8 atom stereocenters. The third-order valence-corrected chi connectivity index (χ3v) is 9.63. The molecule has 1 heterocycles. The highest BCUT2D eigenvalue weighted by molar-refractivity contribution is 5.80. The average Bonchev–Trinajstić information content (AvgIpc) is 3.11. The van der Waals surface area contributed by atoms with Gasteiger partial charge in [0, 0.05) is 0 Å². The molecule has 0 aliphatic carbocycles. The monoisotopic (exact) mass is 714 g/mol. The maximum absolute atomic E-state index is 12.9. The summed E-state index contributed by atoms with van der Waals surface area (Å²) in [6.45, 7) is 3.52. The number of carbonyl (C=O) groups is 1. The van der Waals surface area contributed by atoms with Crippen LogP contribution in [0.15, 0.2) is 24.3 Å². The van der Waals surface area contributed by atoms with E-state index >= 15 is 0 Å². The van der Waals surface area contributed by atoms with Crippen molar-refractivity contribution in [2.75, 3.05) is 13.2 Å². The first kappa shape index (κ1) is 46.7. The van der Waals surface area contributed by atoms with E-state index in [4.69, 9.17) is 9.47 Å². The molecule has 1 aliphatic heterocycles. The van der Waals surface area contributed by atoms with E-state index in [-0.39, 0.29) is 6.61 Å². The minimum absolute atomic E-state index is 0.295. The molecule has 0 aromatic carbocycles. The van der Waals surface area contributed by atoms with Gasteiger partial charge in [0.1, 0.15) is 30.5 Å². The van der Waals surface area contributed by atoms with Crippen molar-refractivity contribution in [2.45, 2.75) is 210 Å². The maximum atomic E-state index is 12.9. The molecule has 0 spiro atoms. The van der Waals surface area contributed by atoms with Crippen molar-refractivity contribution in [1.82, 2.24) is 5.32 Å². The molecule has 0 aromatic rings. The minimum Gasteiger partial charge on any atom is -0.394 e. The molecule has 50 heavy (non-hydrogen) atoms. The number of ether oxygens (including phenoxy) is 2. The van der Waals surface area contributed by atoms with E-state index in [1.807, 2.05) is 6.08 Å². The van der Waals surface area contributed by atoms with Gasteiger partial charge in [0.15, 0.2) is 6.29 Å². The van der Waals surface area contributed by atoms with Crippen LogP contribution < -0.4 is 5.32 Å². The van der Waals surface area contributed by atoms with Crippen LogP contribution in [-0.2, 0) is 14.3 Å². The molecule has 8 unspecified atom stereocenters. The number of unbranched alkanes of at least 4 members (excludes halogenated alkanes) is 19. The first-order valence-corrected chi connectivity index (χ1v) is 20.2. The summed E-state index contributed by atoms with van der Waals surface area (Å²) < 4.78 is 11.1. The first-order chi connectivity index (χ1) is 24.3. The van der Waals surface area contributed by atoms with Gasteiger partial charge >= 0.3 is 0 Å². The zero-order valence-corrected chi connectivity index (χ0v) is 31.5. The van der Waals surface area contributed by atoms with E-state index in [2.05, 4.69) is 31.3 Å². The summed E-state index contributed by atoms with van der Waals surface area (Å²) in [5, 5.41) is 64.3. The fourth-order valence-electron chi connectivity index (χ4n) is 6.20. The fourth-order valence-corrected chi connectivity index (χ4v) is 6.20. The number of hydrogen-bond acceptors (Lipinski definition) is 9. The van der Waals surface area contributed by atoms with Crippen LogP contribution in [0, 0.1) is 0 Å². The molecule has 7 N–H and O–H groups in total. The molecule has 1 saturated heterocycles. The predicted molar refractivity (Wildman–Crippen MR) is 199 cm³/mol. The van der Waals surface area contributed by atoms with E-state index in [1.165, 1.54) is 83.5 Å². The van der Waals surface area contributed by atoms with Crippen LogP contribution in [0.2, 0.25) is 0 Å². The molecule has 0 aromatic heterocycles. The quantitative estimate of drug-likeness (QED) is 0.0320. The lowest BCUT2D eigenvalue weighted by Crippen LogP contribution is -2.60. The summed E-state index contributed by atoms with van der Waals surface area (Å²) in [5.41, 5.74) is 0. The standard InChI is InChI=1S/C40H75NO9/c1-3-5-7-9-11-13-15-16-17-18-19-21-22-24-26-28-33(43)32(31-49-40-38(47)37(46)36(45)35(30-42)50-40)41-39(48)34(44)29-27-25-23-20-14-12-10-8-6-4-2/h10,12,26,28,32-38,40,42-47H,3-9,11,13-25,27,29-31H2,1-2H3,(H,41,48)/b12-10-,28-26+. The van der Waals surface area contributed by atoms with Crippen LogP contribution in [0.4, 0.5) is 0 Å². The van der Waals surface area contributed by atoms with E-state index in [0.717, 1.165) is 51.4 Å². The average molecular weight is 714 g/mol. The van der Waals surface area contributed by atoms with Crippen molar-refractivity contribution in [1.29, 1.82) is 0 Å². The zero-order valence-electron chi connectivity index (χ0n) is 31.5. The Morgan fingerprint density at radius 3 is 1.74 bits per heavy atom. The molecule has 10 heteroatoms. The molecule has 0 bridgehead atoms. The minimum atomic E-state index is -1.61. The lowest BCUT2D eigenvalue weighted by molar-refractivity contribution is -0.302. The Morgan fingerprint density at radius 2 is 1.18 bits per heavy atom. The zero-order chi connectivity index (χ0) is 36.8. The van der Waals surface area contributed by atoms with E-state index in [9.17, 15) is 35.4 Å². The van der Waals surface area contributed by atoms with Crippen LogP contribution in [0.3, 0.4) is 0 Å². The fraction of sp³-hybridized carbons (Fsp3) is 0.875. The van der Waals surface area contributed by atoms with Crippen molar-refractivity contribution >= 4 is 5.91 Å². The third-order valence-electron chi connectivity index (χ3n) is 9.63. The smallest absolute Gasteiger partial charge is 0.249 e. The lowest BCUT2D eigenvalue weighted by atomic mass is 9.99. The maximum Gasteiger partial charge on any atom is 0.249 e. The Kier molecular flexibility index (Phi) is 29.1.